The third-order valence-electron chi connectivity index (χ3n) is 4.26. The van der Waals surface area contributed by atoms with E-state index in [1.54, 1.807) is 29.2 Å². The smallest absolute Gasteiger partial charge is 0.410 e. The summed E-state index contributed by atoms with van der Waals surface area (Å²) in [5.74, 6) is 7.52. The molecule has 4 nitrogen and oxygen atoms in total. The zero-order valence-corrected chi connectivity index (χ0v) is 15.9. The van der Waals surface area contributed by atoms with E-state index in [4.69, 9.17) is 16.3 Å². The van der Waals surface area contributed by atoms with Crippen molar-refractivity contribution < 1.29 is 9.53 Å². The van der Waals surface area contributed by atoms with Crippen molar-refractivity contribution in [2.24, 2.45) is 5.92 Å². The number of amides is 1. The van der Waals surface area contributed by atoms with Crippen LogP contribution < -0.4 is 10.1 Å². The lowest BCUT2D eigenvalue weighted by molar-refractivity contribution is 0.137. The number of hydrogen-bond donors (Lipinski definition) is 1. The standard InChI is InChI=1S/C21H27ClN2O2/c1-2-3-14-23-15-6-4-5-7-18-12-16-24(17-13-18)21(25)26-20-10-8-19(22)9-11-20/h2,8-11,18,23H,1,3-4,6,12-17H2. The molecule has 0 aromatic heterocycles. The summed E-state index contributed by atoms with van der Waals surface area (Å²) in [5.41, 5.74) is 0. The molecule has 0 saturated carbocycles. The van der Waals surface area contributed by atoms with Gasteiger partial charge in [0.1, 0.15) is 5.75 Å². The normalized spacial score (nSPS) is 14.4. The zero-order chi connectivity index (χ0) is 18.6. The van der Waals surface area contributed by atoms with Crippen LogP contribution in [0.25, 0.3) is 0 Å². The summed E-state index contributed by atoms with van der Waals surface area (Å²) in [4.78, 5) is 13.9. The molecule has 2 rings (SSSR count). The van der Waals surface area contributed by atoms with Gasteiger partial charge >= 0.3 is 6.09 Å². The Hall–Kier alpha value is -1.96. The number of nitrogens with one attached hydrogen (secondary N) is 1. The summed E-state index contributed by atoms with van der Waals surface area (Å²) in [7, 11) is 0. The highest BCUT2D eigenvalue weighted by atomic mass is 35.5. The van der Waals surface area contributed by atoms with Crippen LogP contribution in [-0.2, 0) is 0 Å². The van der Waals surface area contributed by atoms with Gasteiger partial charge in [0.05, 0.1) is 0 Å². The van der Waals surface area contributed by atoms with Crippen LogP contribution in [0.5, 0.6) is 5.75 Å². The molecule has 0 bridgehead atoms. The number of nitrogens with zero attached hydrogens (tertiary/aromatic N) is 1. The van der Waals surface area contributed by atoms with E-state index < -0.39 is 0 Å². The van der Waals surface area contributed by atoms with Gasteiger partial charge in [0.2, 0.25) is 0 Å². The molecule has 0 spiro atoms. The van der Waals surface area contributed by atoms with Crippen LogP contribution in [0.4, 0.5) is 4.79 Å². The second kappa shape index (κ2) is 11.6. The van der Waals surface area contributed by atoms with Gasteiger partial charge in [-0.1, -0.05) is 23.6 Å². The second-order valence-corrected chi connectivity index (χ2v) is 6.77. The number of likely N-dealkylation sites (tertiary alicyclic amines) is 1. The minimum absolute atomic E-state index is 0.302. The SMILES string of the molecule is C=CCCNCCCC#CC1CCN(C(=O)Oc2ccc(Cl)cc2)CC1. The average Bonchev–Trinajstić information content (AvgIpc) is 2.66. The van der Waals surface area contributed by atoms with E-state index in [0.717, 1.165) is 45.2 Å². The number of ether oxygens (including phenoxy) is 1. The van der Waals surface area contributed by atoms with E-state index in [1.807, 2.05) is 6.08 Å². The van der Waals surface area contributed by atoms with Gasteiger partial charge in [-0.3, -0.25) is 0 Å². The summed E-state index contributed by atoms with van der Waals surface area (Å²) >= 11 is 5.83. The van der Waals surface area contributed by atoms with Crippen molar-refractivity contribution in [3.63, 3.8) is 0 Å². The van der Waals surface area contributed by atoms with Crippen LogP contribution in [0, 0.1) is 17.8 Å². The van der Waals surface area contributed by atoms with Crippen LogP contribution in [0.1, 0.15) is 32.1 Å². The molecule has 0 atom stereocenters. The summed E-state index contributed by atoms with van der Waals surface area (Å²) in [6.45, 7) is 7.06. The Kier molecular flexibility index (Phi) is 9.09. The van der Waals surface area contributed by atoms with Crippen molar-refractivity contribution in [3.8, 4) is 17.6 Å². The minimum Gasteiger partial charge on any atom is -0.410 e. The number of rotatable bonds is 7. The Balaban J connectivity index is 1.62. The molecular weight excluding hydrogens is 348 g/mol. The lowest BCUT2D eigenvalue weighted by atomic mass is 9.97. The fraction of sp³-hybridized carbons (Fsp3) is 0.476. The Labute approximate surface area is 161 Å². The molecule has 1 fully saturated rings. The van der Waals surface area contributed by atoms with Crippen molar-refractivity contribution in [3.05, 3.63) is 41.9 Å². The number of carbonyl (C=O) groups is 1. The van der Waals surface area contributed by atoms with E-state index in [-0.39, 0.29) is 6.09 Å². The van der Waals surface area contributed by atoms with Crippen LogP contribution in [0.3, 0.4) is 0 Å². The number of halogens is 1. The van der Waals surface area contributed by atoms with Crippen molar-refractivity contribution >= 4 is 17.7 Å². The predicted octanol–water partition coefficient (Wildman–Crippen LogP) is 4.50. The first-order chi connectivity index (χ1) is 12.7. The summed E-state index contributed by atoms with van der Waals surface area (Å²) in [5, 5.41) is 3.98. The van der Waals surface area contributed by atoms with Gasteiger partial charge in [-0.2, -0.15) is 0 Å². The van der Waals surface area contributed by atoms with Crippen molar-refractivity contribution in [1.82, 2.24) is 10.2 Å². The number of hydrogen-bond acceptors (Lipinski definition) is 3. The van der Waals surface area contributed by atoms with Crippen molar-refractivity contribution in [1.29, 1.82) is 0 Å². The van der Waals surface area contributed by atoms with E-state index >= 15 is 0 Å². The maximum atomic E-state index is 12.2. The lowest BCUT2D eigenvalue weighted by Gasteiger charge is -2.28. The molecule has 1 saturated heterocycles. The predicted molar refractivity (Wildman–Crippen MR) is 106 cm³/mol. The lowest BCUT2D eigenvalue weighted by Crippen LogP contribution is -2.39. The van der Waals surface area contributed by atoms with Gasteiger partial charge in [0.25, 0.3) is 0 Å². The van der Waals surface area contributed by atoms with Gasteiger partial charge in [0.15, 0.2) is 0 Å². The Bertz CT molecular complexity index is 626. The van der Waals surface area contributed by atoms with Crippen LogP contribution in [0.15, 0.2) is 36.9 Å². The molecular formula is C21H27ClN2O2. The first-order valence-corrected chi connectivity index (χ1v) is 9.59. The largest absolute Gasteiger partial charge is 0.415 e. The quantitative estimate of drug-likeness (QED) is 0.434. The molecule has 0 aliphatic carbocycles. The average molecular weight is 375 g/mol. The van der Waals surface area contributed by atoms with E-state index in [2.05, 4.69) is 23.7 Å². The highest BCUT2D eigenvalue weighted by Crippen LogP contribution is 2.20. The van der Waals surface area contributed by atoms with Gasteiger partial charge in [-0.05, 0) is 63.0 Å². The van der Waals surface area contributed by atoms with E-state index in [1.165, 1.54) is 0 Å². The molecule has 1 amide bonds. The fourth-order valence-corrected chi connectivity index (χ4v) is 2.85. The number of piperidine rings is 1. The van der Waals surface area contributed by atoms with Gasteiger partial charge < -0.3 is 15.0 Å². The molecule has 1 aliphatic rings. The number of benzene rings is 1. The van der Waals surface area contributed by atoms with Crippen molar-refractivity contribution in [2.75, 3.05) is 26.2 Å². The molecule has 26 heavy (non-hydrogen) atoms. The minimum atomic E-state index is -0.302. The Morgan fingerprint density at radius 2 is 2.04 bits per heavy atom. The highest BCUT2D eigenvalue weighted by molar-refractivity contribution is 6.30. The maximum Gasteiger partial charge on any atom is 0.415 e. The third kappa shape index (κ3) is 7.51. The number of carbonyl (C=O) groups excluding carboxylic acids is 1. The first-order valence-electron chi connectivity index (χ1n) is 9.21. The Morgan fingerprint density at radius 1 is 1.31 bits per heavy atom. The summed E-state index contributed by atoms with van der Waals surface area (Å²) in [6, 6.07) is 6.82. The molecule has 1 aliphatic heterocycles. The van der Waals surface area contributed by atoms with Crippen molar-refractivity contribution in [2.45, 2.75) is 32.1 Å². The van der Waals surface area contributed by atoms with Crippen LogP contribution >= 0.6 is 11.6 Å². The highest BCUT2D eigenvalue weighted by Gasteiger charge is 2.23. The fourth-order valence-electron chi connectivity index (χ4n) is 2.72. The number of unbranched alkanes of at least 4 members (excludes halogenated alkanes) is 1. The monoisotopic (exact) mass is 374 g/mol. The Morgan fingerprint density at radius 3 is 2.73 bits per heavy atom. The first kappa shape index (κ1) is 20.4. The van der Waals surface area contributed by atoms with Crippen LogP contribution in [-0.4, -0.2) is 37.2 Å². The molecule has 1 heterocycles. The molecule has 1 N–H and O–H groups in total. The summed E-state index contributed by atoms with van der Waals surface area (Å²) in [6.07, 6.45) is 6.41. The third-order valence-corrected chi connectivity index (χ3v) is 4.51. The molecule has 0 unspecified atom stereocenters. The molecule has 140 valence electrons. The van der Waals surface area contributed by atoms with E-state index in [9.17, 15) is 4.79 Å². The van der Waals surface area contributed by atoms with Gasteiger partial charge in [-0.15, -0.1) is 12.5 Å². The molecule has 1 aromatic carbocycles. The molecule has 5 heteroatoms. The second-order valence-electron chi connectivity index (χ2n) is 6.34. The molecule has 0 radical (unpaired) electrons. The zero-order valence-electron chi connectivity index (χ0n) is 15.2. The maximum absolute atomic E-state index is 12.2. The van der Waals surface area contributed by atoms with Gasteiger partial charge in [0, 0.05) is 30.5 Å². The molecule has 1 aromatic rings. The van der Waals surface area contributed by atoms with E-state index in [0.29, 0.717) is 29.8 Å². The topological polar surface area (TPSA) is 41.6 Å². The summed E-state index contributed by atoms with van der Waals surface area (Å²) < 4.78 is 5.38. The van der Waals surface area contributed by atoms with Crippen LogP contribution in [0.2, 0.25) is 5.02 Å². The van der Waals surface area contributed by atoms with Gasteiger partial charge in [-0.25, -0.2) is 4.79 Å².